The number of carbonyl (C=O) groups is 2. The largest absolute Gasteiger partial charge is 0.467 e. The van der Waals surface area contributed by atoms with Crippen LogP contribution in [0.4, 0.5) is 4.79 Å². The maximum Gasteiger partial charge on any atom is 0.411 e. The van der Waals surface area contributed by atoms with Crippen LogP contribution in [-0.4, -0.2) is 53.0 Å². The number of carbonyl (C=O) groups excluding carboxylic acids is 2. The molecule has 0 spiro atoms. The van der Waals surface area contributed by atoms with E-state index in [1.165, 1.54) is 18.9 Å². The summed E-state index contributed by atoms with van der Waals surface area (Å²) in [4.78, 5) is 24.9. The van der Waals surface area contributed by atoms with Gasteiger partial charge in [0.15, 0.2) is 6.04 Å². The molecule has 18 heavy (non-hydrogen) atoms. The van der Waals surface area contributed by atoms with Gasteiger partial charge in [0.25, 0.3) is 0 Å². The number of likely N-dealkylation sites (tertiary alicyclic amines) is 1. The lowest BCUT2D eigenvalue weighted by atomic mass is 9.97. The molecule has 1 amide bonds. The van der Waals surface area contributed by atoms with Gasteiger partial charge < -0.3 is 14.6 Å². The monoisotopic (exact) mass is 259 g/mol. The summed E-state index contributed by atoms with van der Waals surface area (Å²) in [5.74, 6) is -0.636. The molecule has 0 aromatic carbocycles. The number of amides is 1. The van der Waals surface area contributed by atoms with Gasteiger partial charge >= 0.3 is 12.1 Å². The second kappa shape index (κ2) is 4.76. The van der Waals surface area contributed by atoms with E-state index in [9.17, 15) is 14.7 Å². The van der Waals surface area contributed by atoms with E-state index in [1.807, 2.05) is 0 Å². The molecule has 1 rings (SSSR count). The molecule has 1 aliphatic heterocycles. The van der Waals surface area contributed by atoms with Crippen molar-refractivity contribution in [1.29, 1.82) is 0 Å². The van der Waals surface area contributed by atoms with Crippen molar-refractivity contribution in [2.75, 3.05) is 13.7 Å². The SMILES string of the molecule is COC(=O)[C@H]1N(C(=O)OC(C)(C)C)CC[C@@]1(C)O. The van der Waals surface area contributed by atoms with Gasteiger partial charge in [0.05, 0.1) is 12.7 Å². The lowest BCUT2D eigenvalue weighted by Crippen LogP contribution is -2.51. The number of esters is 1. The minimum absolute atomic E-state index is 0.266. The molecule has 0 unspecified atom stereocenters. The molecule has 0 aromatic rings. The molecule has 6 heteroatoms. The zero-order valence-electron chi connectivity index (χ0n) is 11.5. The molecule has 0 aromatic heterocycles. The Hall–Kier alpha value is -1.30. The zero-order chi connectivity index (χ0) is 14.1. The van der Waals surface area contributed by atoms with Gasteiger partial charge in [-0.2, -0.15) is 0 Å². The average molecular weight is 259 g/mol. The van der Waals surface area contributed by atoms with Crippen molar-refractivity contribution in [2.45, 2.75) is 51.4 Å². The normalized spacial score (nSPS) is 28.1. The summed E-state index contributed by atoms with van der Waals surface area (Å²) in [6.07, 6.45) is -0.304. The summed E-state index contributed by atoms with van der Waals surface area (Å²) in [6.45, 7) is 7.01. The van der Waals surface area contributed by atoms with E-state index in [1.54, 1.807) is 20.8 Å². The Morgan fingerprint density at radius 2 is 1.94 bits per heavy atom. The van der Waals surface area contributed by atoms with Gasteiger partial charge in [-0.3, -0.25) is 4.90 Å². The molecular formula is C12H21NO5. The molecule has 0 radical (unpaired) electrons. The molecule has 0 saturated carbocycles. The molecule has 104 valence electrons. The summed E-state index contributed by atoms with van der Waals surface area (Å²) >= 11 is 0. The number of hydrogen-bond donors (Lipinski definition) is 1. The fourth-order valence-corrected chi connectivity index (χ4v) is 1.96. The van der Waals surface area contributed by atoms with Gasteiger partial charge in [-0.15, -0.1) is 0 Å². The van der Waals surface area contributed by atoms with Crippen molar-refractivity contribution < 1.29 is 24.2 Å². The van der Waals surface area contributed by atoms with Crippen LogP contribution < -0.4 is 0 Å². The van der Waals surface area contributed by atoms with E-state index in [2.05, 4.69) is 4.74 Å². The summed E-state index contributed by atoms with van der Waals surface area (Å²) in [6, 6.07) is -1.02. The van der Waals surface area contributed by atoms with Gasteiger partial charge in [0.2, 0.25) is 0 Å². The van der Waals surface area contributed by atoms with Crippen LogP contribution in [0, 0.1) is 0 Å². The van der Waals surface area contributed by atoms with Gasteiger partial charge in [-0.25, -0.2) is 9.59 Å². The fourth-order valence-electron chi connectivity index (χ4n) is 1.96. The summed E-state index contributed by atoms with van der Waals surface area (Å²) in [5.41, 5.74) is -1.93. The van der Waals surface area contributed by atoms with Crippen LogP contribution in [0.3, 0.4) is 0 Å². The molecule has 1 N–H and O–H groups in total. The summed E-state index contributed by atoms with van der Waals surface area (Å²) in [7, 11) is 1.23. The van der Waals surface area contributed by atoms with Crippen LogP contribution >= 0.6 is 0 Å². The Balaban J connectivity index is 2.88. The second-order valence-electron chi connectivity index (χ2n) is 5.71. The highest BCUT2D eigenvalue weighted by atomic mass is 16.6. The van der Waals surface area contributed by atoms with E-state index >= 15 is 0 Å². The predicted octanol–water partition coefficient (Wildman–Crippen LogP) is 0.920. The Labute approximate surface area is 107 Å². The van der Waals surface area contributed by atoms with Crippen LogP contribution in [0.25, 0.3) is 0 Å². The molecular weight excluding hydrogens is 238 g/mol. The molecule has 1 heterocycles. The fraction of sp³-hybridized carbons (Fsp3) is 0.833. The topological polar surface area (TPSA) is 76.1 Å². The van der Waals surface area contributed by atoms with Gasteiger partial charge in [-0.05, 0) is 34.1 Å². The van der Waals surface area contributed by atoms with Crippen molar-refractivity contribution in [3.63, 3.8) is 0 Å². The van der Waals surface area contributed by atoms with E-state index in [4.69, 9.17) is 4.74 Å². The van der Waals surface area contributed by atoms with Gasteiger partial charge in [0, 0.05) is 6.54 Å². The first-order chi connectivity index (χ1) is 8.08. The van der Waals surface area contributed by atoms with Crippen LogP contribution in [0.5, 0.6) is 0 Å². The lowest BCUT2D eigenvalue weighted by Gasteiger charge is -2.30. The first-order valence-electron chi connectivity index (χ1n) is 5.88. The van der Waals surface area contributed by atoms with Crippen LogP contribution in [0.15, 0.2) is 0 Å². The second-order valence-corrected chi connectivity index (χ2v) is 5.71. The molecule has 0 aliphatic carbocycles. The Kier molecular flexibility index (Phi) is 3.90. The van der Waals surface area contributed by atoms with Crippen LogP contribution in [-0.2, 0) is 14.3 Å². The smallest absolute Gasteiger partial charge is 0.411 e. The van der Waals surface area contributed by atoms with Crippen molar-refractivity contribution >= 4 is 12.1 Å². The minimum atomic E-state index is -1.29. The highest BCUT2D eigenvalue weighted by Crippen LogP contribution is 2.30. The number of hydrogen-bond acceptors (Lipinski definition) is 5. The summed E-state index contributed by atoms with van der Waals surface area (Å²) in [5, 5.41) is 10.1. The number of nitrogens with zero attached hydrogens (tertiary/aromatic N) is 1. The highest BCUT2D eigenvalue weighted by molar-refractivity contribution is 5.83. The Morgan fingerprint density at radius 1 is 1.39 bits per heavy atom. The van der Waals surface area contributed by atoms with E-state index in [0.29, 0.717) is 6.42 Å². The van der Waals surface area contributed by atoms with Crippen molar-refractivity contribution in [3.05, 3.63) is 0 Å². The third-order valence-corrected chi connectivity index (χ3v) is 2.81. The van der Waals surface area contributed by atoms with Crippen molar-refractivity contribution in [3.8, 4) is 0 Å². The van der Waals surface area contributed by atoms with Crippen LogP contribution in [0.1, 0.15) is 34.1 Å². The van der Waals surface area contributed by atoms with E-state index in [0.717, 1.165) is 0 Å². The average Bonchev–Trinajstić information content (AvgIpc) is 2.50. The zero-order valence-corrected chi connectivity index (χ0v) is 11.5. The quantitative estimate of drug-likeness (QED) is 0.709. The van der Waals surface area contributed by atoms with Gasteiger partial charge in [-0.1, -0.05) is 0 Å². The molecule has 1 saturated heterocycles. The first kappa shape index (κ1) is 14.8. The number of aliphatic hydroxyl groups is 1. The third kappa shape index (κ3) is 3.13. The van der Waals surface area contributed by atoms with E-state index in [-0.39, 0.29) is 6.54 Å². The molecule has 6 nitrogen and oxygen atoms in total. The van der Waals surface area contributed by atoms with Crippen LogP contribution in [0.2, 0.25) is 0 Å². The Morgan fingerprint density at radius 3 is 2.39 bits per heavy atom. The maximum absolute atomic E-state index is 12.0. The molecule has 1 fully saturated rings. The molecule has 0 bridgehead atoms. The maximum atomic E-state index is 12.0. The lowest BCUT2D eigenvalue weighted by molar-refractivity contribution is -0.152. The van der Waals surface area contributed by atoms with Crippen molar-refractivity contribution in [1.82, 2.24) is 4.90 Å². The Bertz CT molecular complexity index is 345. The first-order valence-corrected chi connectivity index (χ1v) is 5.88. The highest BCUT2D eigenvalue weighted by Gasteiger charge is 2.50. The van der Waals surface area contributed by atoms with E-state index < -0.39 is 29.3 Å². The standard InChI is InChI=1S/C12H21NO5/c1-11(2,3)18-10(15)13-7-6-12(4,16)8(13)9(14)17-5/h8,16H,6-7H2,1-5H3/t8-,12-/m1/s1. The number of rotatable bonds is 1. The molecule has 1 aliphatic rings. The third-order valence-electron chi connectivity index (χ3n) is 2.81. The molecule has 2 atom stereocenters. The summed E-state index contributed by atoms with van der Waals surface area (Å²) < 4.78 is 9.84. The minimum Gasteiger partial charge on any atom is -0.467 e. The predicted molar refractivity (Wildman–Crippen MR) is 64.0 cm³/mol. The number of ether oxygens (including phenoxy) is 2. The number of methoxy groups -OCH3 is 1. The van der Waals surface area contributed by atoms with Crippen molar-refractivity contribution in [2.24, 2.45) is 0 Å². The van der Waals surface area contributed by atoms with Gasteiger partial charge in [0.1, 0.15) is 5.60 Å².